The van der Waals surface area contributed by atoms with Crippen LogP contribution in [-0.4, -0.2) is 30.4 Å². The number of halogens is 1. The zero-order valence-electron chi connectivity index (χ0n) is 18.8. The van der Waals surface area contributed by atoms with Crippen molar-refractivity contribution in [2.75, 3.05) is 11.0 Å². The molecule has 0 atom stereocenters. The molecule has 1 aliphatic carbocycles. The Kier molecular flexibility index (Phi) is 5.88. The first kappa shape index (κ1) is 23.1. The van der Waals surface area contributed by atoms with Crippen LogP contribution in [0.25, 0.3) is 27.9 Å². The molecule has 1 N–H and O–H groups in total. The fraction of sp³-hybridized carbons (Fsp3) is 0.240. The lowest BCUT2D eigenvalue weighted by atomic mass is 9.83. The summed E-state index contributed by atoms with van der Waals surface area (Å²) in [7, 11) is -3.41. The van der Waals surface area contributed by atoms with Gasteiger partial charge in [-0.3, -0.25) is 14.5 Å². The number of hydrogen-bond donors (Lipinski definition) is 1. The molecule has 0 radical (unpaired) electrons. The molecule has 4 rings (SSSR count). The number of aromatic nitrogens is 2. The molecule has 3 aromatic rings. The van der Waals surface area contributed by atoms with Crippen LogP contribution in [0.15, 0.2) is 54.8 Å². The summed E-state index contributed by atoms with van der Waals surface area (Å²) >= 11 is 6.46. The van der Waals surface area contributed by atoms with E-state index in [-0.39, 0.29) is 11.2 Å². The standard InChI is InChI=1S/C25H24ClN3O3S/c1-25(2,3)15-11-19(17-7-5-6-8-23(17)30)24-21(12-15)28-22(14-27-24)18-10-9-16(13-20(18)26)29-33(4,31)32/h5-7,9-14,29H,8H2,1-4H3. The van der Waals surface area contributed by atoms with Crippen LogP contribution in [0.5, 0.6) is 0 Å². The van der Waals surface area contributed by atoms with Crippen LogP contribution in [0.4, 0.5) is 5.69 Å². The van der Waals surface area contributed by atoms with E-state index < -0.39 is 10.0 Å². The molecule has 33 heavy (non-hydrogen) atoms. The number of allylic oxidation sites excluding steroid dienone is 4. The highest BCUT2D eigenvalue weighted by molar-refractivity contribution is 7.92. The summed E-state index contributed by atoms with van der Waals surface area (Å²) in [4.78, 5) is 22.1. The van der Waals surface area contributed by atoms with Crippen molar-refractivity contribution in [3.05, 3.63) is 70.9 Å². The van der Waals surface area contributed by atoms with E-state index in [4.69, 9.17) is 16.6 Å². The van der Waals surface area contributed by atoms with Gasteiger partial charge in [0.05, 0.1) is 34.2 Å². The summed E-state index contributed by atoms with van der Waals surface area (Å²) in [6.45, 7) is 6.32. The molecule has 0 bridgehead atoms. The van der Waals surface area contributed by atoms with Crippen molar-refractivity contribution >= 4 is 49.7 Å². The van der Waals surface area contributed by atoms with Crippen LogP contribution in [-0.2, 0) is 20.2 Å². The highest BCUT2D eigenvalue weighted by atomic mass is 35.5. The minimum atomic E-state index is -3.41. The van der Waals surface area contributed by atoms with Crippen molar-refractivity contribution in [2.45, 2.75) is 32.6 Å². The molecular weight excluding hydrogens is 458 g/mol. The second kappa shape index (κ2) is 8.39. The van der Waals surface area contributed by atoms with Crippen LogP contribution >= 0.6 is 11.6 Å². The lowest BCUT2D eigenvalue weighted by Crippen LogP contribution is -2.13. The molecule has 8 heteroatoms. The smallest absolute Gasteiger partial charge is 0.229 e. The average Bonchev–Trinajstić information content (AvgIpc) is 2.71. The third kappa shape index (κ3) is 4.99. The molecule has 170 valence electrons. The zero-order chi connectivity index (χ0) is 24.0. The van der Waals surface area contributed by atoms with Crippen molar-refractivity contribution in [1.29, 1.82) is 0 Å². The monoisotopic (exact) mass is 481 g/mol. The number of nitrogens with zero attached hydrogens (tertiary/aromatic N) is 2. The number of rotatable bonds is 4. The molecule has 0 spiro atoms. The molecule has 0 aliphatic heterocycles. The number of anilines is 1. The Hall–Kier alpha value is -3.03. The molecule has 6 nitrogen and oxygen atoms in total. The van der Waals surface area contributed by atoms with Gasteiger partial charge >= 0.3 is 0 Å². The van der Waals surface area contributed by atoms with Gasteiger partial charge in [-0.15, -0.1) is 0 Å². The van der Waals surface area contributed by atoms with Crippen LogP contribution in [0.2, 0.25) is 5.02 Å². The molecule has 0 saturated carbocycles. The van der Waals surface area contributed by atoms with Gasteiger partial charge in [0, 0.05) is 28.8 Å². The lowest BCUT2D eigenvalue weighted by molar-refractivity contribution is -0.113. The van der Waals surface area contributed by atoms with E-state index >= 15 is 0 Å². The molecule has 0 amide bonds. The maximum absolute atomic E-state index is 12.6. The summed E-state index contributed by atoms with van der Waals surface area (Å²) in [6.07, 6.45) is 8.62. The third-order valence-electron chi connectivity index (χ3n) is 5.35. The van der Waals surface area contributed by atoms with Gasteiger partial charge in [0.1, 0.15) is 0 Å². The number of benzene rings is 2. The van der Waals surface area contributed by atoms with Crippen molar-refractivity contribution in [3.8, 4) is 11.3 Å². The molecule has 1 heterocycles. The maximum atomic E-state index is 12.6. The Bertz CT molecular complexity index is 1450. The molecule has 1 aliphatic rings. The van der Waals surface area contributed by atoms with Gasteiger partial charge in [0.25, 0.3) is 0 Å². The Morgan fingerprint density at radius 2 is 1.85 bits per heavy atom. The van der Waals surface area contributed by atoms with Gasteiger partial charge in [-0.25, -0.2) is 13.4 Å². The van der Waals surface area contributed by atoms with E-state index in [0.29, 0.717) is 45.0 Å². The van der Waals surface area contributed by atoms with E-state index in [1.54, 1.807) is 24.4 Å². The van der Waals surface area contributed by atoms with Gasteiger partial charge in [-0.05, 0) is 41.3 Å². The lowest BCUT2D eigenvalue weighted by Gasteiger charge is -2.22. The van der Waals surface area contributed by atoms with Gasteiger partial charge in [-0.1, -0.05) is 50.6 Å². The van der Waals surface area contributed by atoms with E-state index in [1.807, 2.05) is 30.4 Å². The van der Waals surface area contributed by atoms with E-state index in [2.05, 4.69) is 30.5 Å². The fourth-order valence-electron chi connectivity index (χ4n) is 3.68. The first-order valence-corrected chi connectivity index (χ1v) is 12.7. The second-order valence-electron chi connectivity index (χ2n) is 9.10. The van der Waals surface area contributed by atoms with Crippen molar-refractivity contribution in [3.63, 3.8) is 0 Å². The van der Waals surface area contributed by atoms with E-state index in [0.717, 1.165) is 17.4 Å². The Labute approximate surface area is 198 Å². The number of Topliss-reactive ketones (excluding diaryl/α,β-unsaturated/α-hetero) is 1. The molecule has 0 saturated heterocycles. The number of nitrogens with one attached hydrogen (secondary N) is 1. The number of carbonyl (C=O) groups excluding carboxylic acids is 1. The summed E-state index contributed by atoms with van der Waals surface area (Å²) in [5.41, 5.74) is 5.13. The summed E-state index contributed by atoms with van der Waals surface area (Å²) in [5.74, 6) is 0.0488. The van der Waals surface area contributed by atoms with Gasteiger partial charge < -0.3 is 0 Å². The normalized spacial score (nSPS) is 14.5. The van der Waals surface area contributed by atoms with E-state index in [1.165, 1.54) is 0 Å². The minimum Gasteiger partial charge on any atom is -0.294 e. The zero-order valence-corrected chi connectivity index (χ0v) is 20.4. The highest BCUT2D eigenvalue weighted by Gasteiger charge is 2.22. The minimum absolute atomic E-state index is 0.0488. The predicted octanol–water partition coefficient (Wildman–Crippen LogP) is 5.53. The number of sulfonamides is 1. The summed E-state index contributed by atoms with van der Waals surface area (Å²) in [5, 5.41) is 0.347. The van der Waals surface area contributed by atoms with E-state index in [9.17, 15) is 13.2 Å². The van der Waals surface area contributed by atoms with Crippen LogP contribution in [0, 0.1) is 0 Å². The van der Waals surface area contributed by atoms with Gasteiger partial charge in [0.2, 0.25) is 10.0 Å². The fourth-order valence-corrected chi connectivity index (χ4v) is 4.51. The number of ketones is 1. The summed E-state index contributed by atoms with van der Waals surface area (Å²) in [6, 6.07) is 8.89. The highest BCUT2D eigenvalue weighted by Crippen LogP contribution is 2.35. The molecule has 1 aromatic heterocycles. The van der Waals surface area contributed by atoms with Gasteiger partial charge in [-0.2, -0.15) is 0 Å². The Morgan fingerprint density at radius 1 is 1.09 bits per heavy atom. The quantitative estimate of drug-likeness (QED) is 0.529. The number of carbonyl (C=O) groups is 1. The van der Waals surface area contributed by atoms with Crippen LogP contribution < -0.4 is 4.72 Å². The van der Waals surface area contributed by atoms with Crippen molar-refractivity contribution in [1.82, 2.24) is 9.97 Å². The Morgan fingerprint density at radius 3 is 2.48 bits per heavy atom. The van der Waals surface area contributed by atoms with Gasteiger partial charge in [0.15, 0.2) is 5.78 Å². The third-order valence-corrected chi connectivity index (χ3v) is 6.27. The van der Waals surface area contributed by atoms with Crippen molar-refractivity contribution in [2.24, 2.45) is 0 Å². The second-order valence-corrected chi connectivity index (χ2v) is 11.3. The number of hydrogen-bond acceptors (Lipinski definition) is 5. The first-order valence-electron chi connectivity index (χ1n) is 10.4. The van der Waals surface area contributed by atoms with Crippen molar-refractivity contribution < 1.29 is 13.2 Å². The largest absolute Gasteiger partial charge is 0.294 e. The molecule has 0 unspecified atom stereocenters. The predicted molar refractivity (Wildman–Crippen MR) is 134 cm³/mol. The summed E-state index contributed by atoms with van der Waals surface area (Å²) < 4.78 is 25.4. The molecular formula is C25H24ClN3O3S. The Balaban J connectivity index is 1.88. The topological polar surface area (TPSA) is 89.0 Å². The molecule has 2 aromatic carbocycles. The molecule has 0 fully saturated rings. The SMILES string of the molecule is CC(C)(C)c1cc(C2=CC=CCC2=O)c2ncc(-c3ccc(NS(C)(=O)=O)cc3Cl)nc2c1. The average molecular weight is 482 g/mol. The van der Waals surface area contributed by atoms with Crippen LogP contribution in [0.1, 0.15) is 38.3 Å². The maximum Gasteiger partial charge on any atom is 0.229 e. The van der Waals surface area contributed by atoms with Crippen LogP contribution in [0.3, 0.4) is 0 Å². The first-order chi connectivity index (χ1) is 15.4. The number of fused-ring (bicyclic) bond motifs is 1.